The van der Waals surface area contributed by atoms with Crippen LogP contribution in [-0.2, 0) is 11.3 Å². The monoisotopic (exact) mass is 319 g/mol. The van der Waals surface area contributed by atoms with Gasteiger partial charge in [0.05, 0.1) is 17.6 Å². The van der Waals surface area contributed by atoms with Crippen LogP contribution < -0.4 is 0 Å². The molecule has 5 heteroatoms. The van der Waals surface area contributed by atoms with Gasteiger partial charge >= 0.3 is 0 Å². The van der Waals surface area contributed by atoms with Gasteiger partial charge in [0.1, 0.15) is 18.3 Å². The van der Waals surface area contributed by atoms with Gasteiger partial charge in [-0.3, -0.25) is 4.57 Å². The summed E-state index contributed by atoms with van der Waals surface area (Å²) < 4.78 is 12.5. The molecule has 0 aliphatic carbocycles. The van der Waals surface area contributed by atoms with Crippen molar-refractivity contribution in [2.24, 2.45) is 0 Å². The molecule has 0 amide bonds. The van der Waals surface area contributed by atoms with Crippen molar-refractivity contribution in [3.05, 3.63) is 66.7 Å². The quantitative estimate of drug-likeness (QED) is 0.553. The Balaban J connectivity index is 1.73. The molecule has 0 atom stereocenters. The van der Waals surface area contributed by atoms with Crippen LogP contribution in [0.4, 0.5) is 0 Å². The number of imidazole rings is 1. The van der Waals surface area contributed by atoms with Gasteiger partial charge in [-0.2, -0.15) is 0 Å². The summed E-state index contributed by atoms with van der Waals surface area (Å²) >= 11 is 0. The maximum absolute atomic E-state index is 5.47. The highest BCUT2D eigenvalue weighted by atomic mass is 16.5. The summed E-state index contributed by atoms with van der Waals surface area (Å²) in [5.41, 5.74) is 6.02. The number of rotatable bonds is 5. The van der Waals surface area contributed by atoms with E-state index in [0.717, 1.165) is 33.5 Å². The predicted octanol–water partition coefficient (Wildman–Crippen LogP) is 4.22. The van der Waals surface area contributed by atoms with Gasteiger partial charge in [-0.15, -0.1) is 0 Å². The molecule has 2 heterocycles. The Morgan fingerprint density at radius 1 is 1.12 bits per heavy atom. The van der Waals surface area contributed by atoms with Crippen LogP contribution in [0.5, 0.6) is 0 Å². The molecule has 0 aliphatic heterocycles. The largest absolute Gasteiger partial charge is 0.377 e. The highest BCUT2D eigenvalue weighted by Gasteiger charge is 2.08. The minimum atomic E-state index is 0.612. The zero-order chi connectivity index (χ0) is 16.4. The Kier molecular flexibility index (Phi) is 3.84. The van der Waals surface area contributed by atoms with E-state index in [2.05, 4.69) is 45.0 Å². The van der Waals surface area contributed by atoms with E-state index in [1.54, 1.807) is 6.26 Å². The minimum Gasteiger partial charge on any atom is -0.377 e. The Hall–Kier alpha value is -2.92. The molecule has 0 fully saturated rings. The Labute approximate surface area is 139 Å². The van der Waals surface area contributed by atoms with Crippen LogP contribution in [0.25, 0.3) is 28.0 Å². The number of aromatic nitrogens is 3. The Morgan fingerprint density at radius 3 is 2.92 bits per heavy atom. The van der Waals surface area contributed by atoms with Crippen LogP contribution >= 0.6 is 0 Å². The first kappa shape index (κ1) is 14.7. The van der Waals surface area contributed by atoms with Crippen LogP contribution in [0.3, 0.4) is 0 Å². The normalized spacial score (nSPS) is 11.2. The molecule has 24 heavy (non-hydrogen) atoms. The molecule has 2 aromatic heterocycles. The number of hydrogen-bond donors (Lipinski definition) is 0. The molecule has 0 saturated heterocycles. The Bertz CT molecular complexity index is 958. The number of hydrogen-bond acceptors (Lipinski definition) is 4. The molecule has 4 rings (SSSR count). The van der Waals surface area contributed by atoms with Gasteiger partial charge in [0.15, 0.2) is 0 Å². The lowest BCUT2D eigenvalue weighted by Gasteiger charge is -2.07. The van der Waals surface area contributed by atoms with Crippen molar-refractivity contribution in [3.8, 4) is 16.9 Å². The summed E-state index contributed by atoms with van der Waals surface area (Å²) in [5.74, 6) is 0. The predicted molar refractivity (Wildman–Crippen MR) is 91.9 cm³/mol. The van der Waals surface area contributed by atoms with E-state index >= 15 is 0 Å². The Morgan fingerprint density at radius 2 is 2.08 bits per heavy atom. The van der Waals surface area contributed by atoms with Gasteiger partial charge in [-0.05, 0) is 36.8 Å². The number of nitrogens with zero attached hydrogens (tertiary/aromatic N) is 3. The van der Waals surface area contributed by atoms with Crippen molar-refractivity contribution in [3.63, 3.8) is 0 Å². The summed E-state index contributed by atoms with van der Waals surface area (Å²) in [6, 6.07) is 16.2. The van der Waals surface area contributed by atoms with Crippen molar-refractivity contribution in [1.82, 2.24) is 14.7 Å². The maximum atomic E-state index is 5.47. The minimum absolute atomic E-state index is 0.612. The van der Waals surface area contributed by atoms with Crippen molar-refractivity contribution < 1.29 is 9.26 Å². The summed E-state index contributed by atoms with van der Waals surface area (Å²) in [5, 5.41) is 4.00. The summed E-state index contributed by atoms with van der Waals surface area (Å²) in [6.45, 7) is 3.32. The molecule has 0 aliphatic rings. The second-order valence-electron chi connectivity index (χ2n) is 5.51. The zero-order valence-electron chi connectivity index (χ0n) is 13.3. The smallest absolute Gasteiger partial charge is 0.124 e. The number of ether oxygens (including phenoxy) is 1. The molecular weight excluding hydrogens is 302 g/mol. The molecule has 5 nitrogen and oxygen atoms in total. The molecule has 0 radical (unpaired) electrons. The van der Waals surface area contributed by atoms with Gasteiger partial charge in [-0.25, -0.2) is 4.98 Å². The molecule has 0 bridgehead atoms. The molecular formula is C19H17N3O2. The fraction of sp³-hybridized carbons (Fsp3) is 0.158. The molecule has 2 aromatic carbocycles. The first-order valence-corrected chi connectivity index (χ1v) is 7.90. The van der Waals surface area contributed by atoms with E-state index in [-0.39, 0.29) is 0 Å². The van der Waals surface area contributed by atoms with Crippen LogP contribution in [0.2, 0.25) is 0 Å². The number of benzene rings is 2. The zero-order valence-corrected chi connectivity index (χ0v) is 13.3. The average Bonchev–Trinajstić information content (AvgIpc) is 3.29. The van der Waals surface area contributed by atoms with E-state index in [1.807, 2.05) is 31.5 Å². The van der Waals surface area contributed by atoms with Gasteiger partial charge in [0.25, 0.3) is 0 Å². The van der Waals surface area contributed by atoms with E-state index in [4.69, 9.17) is 9.26 Å². The van der Waals surface area contributed by atoms with Crippen LogP contribution in [0.15, 0.2) is 65.6 Å². The van der Waals surface area contributed by atoms with Crippen molar-refractivity contribution in [2.75, 3.05) is 6.61 Å². The van der Waals surface area contributed by atoms with E-state index < -0.39 is 0 Å². The summed E-state index contributed by atoms with van der Waals surface area (Å²) in [6.07, 6.45) is 3.42. The third-order valence-electron chi connectivity index (χ3n) is 3.94. The van der Waals surface area contributed by atoms with Crippen molar-refractivity contribution >= 4 is 11.0 Å². The van der Waals surface area contributed by atoms with Gasteiger partial charge in [0, 0.05) is 23.9 Å². The topological polar surface area (TPSA) is 53.1 Å². The SMILES string of the molecule is CCOCc1ccc2c(c1)ncn2-c1cccc(-c2ccon2)c1. The lowest BCUT2D eigenvalue weighted by atomic mass is 10.1. The van der Waals surface area contributed by atoms with Crippen LogP contribution in [0.1, 0.15) is 12.5 Å². The molecule has 4 aromatic rings. The van der Waals surface area contributed by atoms with E-state index in [1.165, 1.54) is 0 Å². The molecule has 0 spiro atoms. The maximum Gasteiger partial charge on any atom is 0.124 e. The third kappa shape index (κ3) is 2.70. The van der Waals surface area contributed by atoms with Crippen molar-refractivity contribution in [2.45, 2.75) is 13.5 Å². The number of fused-ring (bicyclic) bond motifs is 1. The highest BCUT2D eigenvalue weighted by molar-refractivity contribution is 5.78. The van der Waals surface area contributed by atoms with Crippen LogP contribution in [0, 0.1) is 0 Å². The third-order valence-corrected chi connectivity index (χ3v) is 3.94. The molecule has 120 valence electrons. The second-order valence-corrected chi connectivity index (χ2v) is 5.51. The molecule has 0 unspecified atom stereocenters. The van der Waals surface area contributed by atoms with E-state index in [9.17, 15) is 0 Å². The fourth-order valence-electron chi connectivity index (χ4n) is 2.75. The first-order chi connectivity index (χ1) is 11.8. The highest BCUT2D eigenvalue weighted by Crippen LogP contribution is 2.24. The van der Waals surface area contributed by atoms with E-state index in [0.29, 0.717) is 13.2 Å². The van der Waals surface area contributed by atoms with Crippen LogP contribution in [-0.4, -0.2) is 21.3 Å². The fourth-order valence-corrected chi connectivity index (χ4v) is 2.75. The average molecular weight is 319 g/mol. The standard InChI is InChI=1S/C19H17N3O2/c1-2-23-12-14-6-7-19-18(10-14)20-13-22(19)16-5-3-4-15(11-16)17-8-9-24-21-17/h3-11,13H,2,12H2,1H3. The lowest BCUT2D eigenvalue weighted by Crippen LogP contribution is -1.94. The molecule has 0 saturated carbocycles. The summed E-state index contributed by atoms with van der Waals surface area (Å²) in [4.78, 5) is 4.53. The first-order valence-electron chi connectivity index (χ1n) is 7.90. The van der Waals surface area contributed by atoms with Gasteiger partial charge in [0.2, 0.25) is 0 Å². The van der Waals surface area contributed by atoms with Gasteiger partial charge < -0.3 is 9.26 Å². The summed E-state index contributed by atoms with van der Waals surface area (Å²) in [7, 11) is 0. The molecule has 0 N–H and O–H groups in total. The lowest BCUT2D eigenvalue weighted by molar-refractivity contribution is 0.134. The van der Waals surface area contributed by atoms with Gasteiger partial charge in [-0.1, -0.05) is 23.4 Å². The van der Waals surface area contributed by atoms with Crippen molar-refractivity contribution in [1.29, 1.82) is 0 Å². The second kappa shape index (κ2) is 6.29.